The average molecular weight is 544 g/mol. The number of hydrogen-bond donors (Lipinski definition) is 6. The van der Waals surface area contributed by atoms with Gasteiger partial charge in [0.2, 0.25) is 17.7 Å². The summed E-state index contributed by atoms with van der Waals surface area (Å²) in [5.41, 5.74) is 7.88. The molecule has 10 heteroatoms. The molecule has 1 aromatic heterocycles. The van der Waals surface area contributed by atoms with E-state index in [1.165, 1.54) is 0 Å². The van der Waals surface area contributed by atoms with E-state index in [-0.39, 0.29) is 30.6 Å². The molecule has 216 valence electrons. The van der Waals surface area contributed by atoms with Gasteiger partial charge in [-0.2, -0.15) is 0 Å². The maximum Gasteiger partial charge on any atom is 0.326 e. The number of rotatable bonds is 15. The number of hydrogen-bond acceptors (Lipinski definition) is 5. The molecule has 0 aliphatic carbocycles. The van der Waals surface area contributed by atoms with E-state index in [1.54, 1.807) is 6.20 Å². The number of para-hydroxylation sites is 1. The number of carbonyl (C=O) groups is 4. The van der Waals surface area contributed by atoms with Crippen molar-refractivity contribution in [3.63, 3.8) is 0 Å². The van der Waals surface area contributed by atoms with Crippen LogP contribution in [0.1, 0.15) is 66.4 Å². The van der Waals surface area contributed by atoms with Crippen LogP contribution < -0.4 is 21.7 Å². The van der Waals surface area contributed by atoms with Crippen molar-refractivity contribution in [2.75, 3.05) is 0 Å². The smallest absolute Gasteiger partial charge is 0.326 e. The standard InChI is InChI=1S/C29H45N5O5/c1-7-17(5)24(30)27(36)32-22(14-19-15-31-21-12-10-9-11-20(19)21)26(35)34-25(18(6)8-2)28(37)33-23(29(38)39)13-16(3)4/h9-12,15-18,22-25,31H,7-8,13-14,30H2,1-6H3,(H,32,36)(H,33,37)(H,34,35)(H,38,39). The largest absolute Gasteiger partial charge is 0.480 e. The van der Waals surface area contributed by atoms with E-state index < -0.39 is 47.9 Å². The zero-order valence-corrected chi connectivity index (χ0v) is 23.9. The Morgan fingerprint density at radius 2 is 1.49 bits per heavy atom. The summed E-state index contributed by atoms with van der Waals surface area (Å²) in [6.07, 6.45) is 3.50. The minimum absolute atomic E-state index is 0.0496. The fourth-order valence-corrected chi connectivity index (χ4v) is 4.42. The number of aromatic amines is 1. The van der Waals surface area contributed by atoms with Crippen molar-refractivity contribution in [1.29, 1.82) is 0 Å². The van der Waals surface area contributed by atoms with Crippen LogP contribution in [0.15, 0.2) is 30.5 Å². The lowest BCUT2D eigenvalue weighted by atomic mass is 9.95. The van der Waals surface area contributed by atoms with Gasteiger partial charge < -0.3 is 31.8 Å². The van der Waals surface area contributed by atoms with E-state index in [2.05, 4.69) is 20.9 Å². The van der Waals surface area contributed by atoms with Crippen molar-refractivity contribution < 1.29 is 24.3 Å². The Morgan fingerprint density at radius 3 is 2.08 bits per heavy atom. The van der Waals surface area contributed by atoms with Gasteiger partial charge in [0.05, 0.1) is 6.04 Å². The molecule has 7 N–H and O–H groups in total. The molecule has 1 aromatic carbocycles. The molecule has 3 amide bonds. The Labute approximate surface area is 230 Å². The summed E-state index contributed by atoms with van der Waals surface area (Å²) in [6, 6.07) is 3.79. The summed E-state index contributed by atoms with van der Waals surface area (Å²) >= 11 is 0. The molecule has 0 aliphatic heterocycles. The van der Waals surface area contributed by atoms with Crippen LogP contribution >= 0.6 is 0 Å². The topological polar surface area (TPSA) is 166 Å². The number of benzene rings is 1. The van der Waals surface area contributed by atoms with Crippen LogP contribution in [0.2, 0.25) is 0 Å². The predicted molar refractivity (Wildman–Crippen MR) is 152 cm³/mol. The Balaban J connectivity index is 2.33. The van der Waals surface area contributed by atoms with Gasteiger partial charge in [-0.1, -0.05) is 72.6 Å². The Hall–Kier alpha value is -3.40. The zero-order chi connectivity index (χ0) is 29.3. The summed E-state index contributed by atoms with van der Waals surface area (Å²) in [6.45, 7) is 11.3. The number of aliphatic carboxylic acids is 1. The highest BCUT2D eigenvalue weighted by molar-refractivity contribution is 5.95. The second kappa shape index (κ2) is 14.7. The Morgan fingerprint density at radius 1 is 0.872 bits per heavy atom. The molecular formula is C29H45N5O5. The van der Waals surface area contributed by atoms with Gasteiger partial charge in [-0.15, -0.1) is 0 Å². The monoisotopic (exact) mass is 543 g/mol. The number of carboxylic acid groups (broad SMARTS) is 1. The molecule has 0 aliphatic rings. The van der Waals surface area contributed by atoms with Crippen LogP contribution in [-0.2, 0) is 25.6 Å². The maximum absolute atomic E-state index is 13.7. The number of H-pyrrole nitrogens is 1. The van der Waals surface area contributed by atoms with Gasteiger partial charge in [-0.3, -0.25) is 14.4 Å². The van der Waals surface area contributed by atoms with Crippen LogP contribution in [-0.4, -0.2) is 57.9 Å². The highest BCUT2D eigenvalue weighted by Crippen LogP contribution is 2.20. The third-order valence-electron chi connectivity index (χ3n) is 7.41. The molecular weight excluding hydrogens is 498 g/mol. The number of aromatic nitrogens is 1. The van der Waals surface area contributed by atoms with Gasteiger partial charge in [0, 0.05) is 23.5 Å². The Kier molecular flexibility index (Phi) is 12.0. The van der Waals surface area contributed by atoms with Gasteiger partial charge in [-0.05, 0) is 35.8 Å². The van der Waals surface area contributed by atoms with Crippen LogP contribution in [0.5, 0.6) is 0 Å². The molecule has 39 heavy (non-hydrogen) atoms. The highest BCUT2D eigenvalue weighted by Gasteiger charge is 2.33. The van der Waals surface area contributed by atoms with Gasteiger partial charge >= 0.3 is 5.97 Å². The van der Waals surface area contributed by atoms with E-state index in [4.69, 9.17) is 5.73 Å². The second-order valence-electron chi connectivity index (χ2n) is 10.9. The highest BCUT2D eigenvalue weighted by atomic mass is 16.4. The van der Waals surface area contributed by atoms with Gasteiger partial charge in [0.1, 0.15) is 18.1 Å². The molecule has 0 fully saturated rings. The van der Waals surface area contributed by atoms with Crippen molar-refractivity contribution in [2.24, 2.45) is 23.5 Å². The minimum Gasteiger partial charge on any atom is -0.480 e. The van der Waals surface area contributed by atoms with Crippen molar-refractivity contribution >= 4 is 34.6 Å². The predicted octanol–water partition coefficient (Wildman–Crippen LogP) is 2.72. The Bertz CT molecular complexity index is 1130. The molecule has 0 saturated carbocycles. The molecule has 0 radical (unpaired) electrons. The number of nitrogens with two attached hydrogens (primary N) is 1. The lowest BCUT2D eigenvalue weighted by molar-refractivity contribution is -0.143. The third kappa shape index (κ3) is 8.81. The molecule has 10 nitrogen and oxygen atoms in total. The summed E-state index contributed by atoms with van der Waals surface area (Å²) in [5, 5.41) is 18.7. The van der Waals surface area contributed by atoms with E-state index >= 15 is 0 Å². The fraction of sp³-hybridized carbons (Fsp3) is 0.586. The van der Waals surface area contributed by atoms with Crippen LogP contribution in [0.4, 0.5) is 0 Å². The molecule has 2 rings (SSSR count). The molecule has 6 atom stereocenters. The SMILES string of the molecule is CCC(C)C(N)C(=O)NC(Cc1c[nH]c2ccccc12)C(=O)NC(C(=O)NC(CC(C)C)C(=O)O)C(C)CC. The van der Waals surface area contributed by atoms with Crippen LogP contribution in [0.25, 0.3) is 10.9 Å². The average Bonchev–Trinajstić information content (AvgIpc) is 3.31. The summed E-state index contributed by atoms with van der Waals surface area (Å²) < 4.78 is 0. The number of carbonyl (C=O) groups excluding carboxylic acids is 3. The second-order valence-corrected chi connectivity index (χ2v) is 10.9. The van der Waals surface area contributed by atoms with E-state index in [9.17, 15) is 24.3 Å². The van der Waals surface area contributed by atoms with E-state index in [1.807, 2.05) is 65.8 Å². The first-order chi connectivity index (χ1) is 18.4. The summed E-state index contributed by atoms with van der Waals surface area (Å²) in [5.74, 6) is -3.01. The lowest BCUT2D eigenvalue weighted by Crippen LogP contribution is -2.59. The van der Waals surface area contributed by atoms with Gasteiger partial charge in [0.15, 0.2) is 0 Å². The van der Waals surface area contributed by atoms with Crippen molar-refractivity contribution in [3.8, 4) is 0 Å². The summed E-state index contributed by atoms with van der Waals surface area (Å²) in [7, 11) is 0. The lowest BCUT2D eigenvalue weighted by Gasteiger charge is -2.29. The number of carboxylic acids is 1. The third-order valence-corrected chi connectivity index (χ3v) is 7.41. The molecule has 0 saturated heterocycles. The van der Waals surface area contributed by atoms with Crippen LogP contribution in [0, 0.1) is 17.8 Å². The van der Waals surface area contributed by atoms with Crippen molar-refractivity contribution in [2.45, 2.75) is 91.4 Å². The van der Waals surface area contributed by atoms with Gasteiger partial charge in [0.25, 0.3) is 0 Å². The van der Waals surface area contributed by atoms with Crippen molar-refractivity contribution in [1.82, 2.24) is 20.9 Å². The number of amides is 3. The van der Waals surface area contributed by atoms with Crippen LogP contribution in [0.3, 0.4) is 0 Å². The first kappa shape index (κ1) is 31.8. The van der Waals surface area contributed by atoms with Crippen molar-refractivity contribution in [3.05, 3.63) is 36.0 Å². The van der Waals surface area contributed by atoms with E-state index in [0.717, 1.165) is 16.5 Å². The molecule has 1 heterocycles. The normalized spacial score (nSPS) is 16.1. The minimum atomic E-state index is -1.13. The zero-order valence-electron chi connectivity index (χ0n) is 23.9. The molecule has 0 spiro atoms. The van der Waals surface area contributed by atoms with E-state index in [0.29, 0.717) is 12.8 Å². The molecule has 6 unspecified atom stereocenters. The first-order valence-electron chi connectivity index (χ1n) is 13.8. The fourth-order valence-electron chi connectivity index (χ4n) is 4.42. The first-order valence-corrected chi connectivity index (χ1v) is 13.8. The number of fused-ring (bicyclic) bond motifs is 1. The number of nitrogens with one attached hydrogen (secondary N) is 4. The van der Waals surface area contributed by atoms with Gasteiger partial charge in [-0.25, -0.2) is 4.79 Å². The molecule has 2 aromatic rings. The summed E-state index contributed by atoms with van der Waals surface area (Å²) in [4.78, 5) is 54.9. The maximum atomic E-state index is 13.7. The quantitative estimate of drug-likeness (QED) is 0.202. The molecule has 0 bridgehead atoms.